The minimum absolute atomic E-state index is 0.410. The van der Waals surface area contributed by atoms with Crippen LogP contribution in [0, 0.1) is 5.41 Å². The first-order valence-electron chi connectivity index (χ1n) is 7.35. The van der Waals surface area contributed by atoms with Crippen molar-refractivity contribution in [3.8, 4) is 17.3 Å². The Kier molecular flexibility index (Phi) is 2.92. The second-order valence-corrected chi connectivity index (χ2v) is 5.91. The Morgan fingerprint density at radius 3 is 2.90 bits per heavy atom. The summed E-state index contributed by atoms with van der Waals surface area (Å²) >= 11 is 0. The third kappa shape index (κ3) is 2.19. The summed E-state index contributed by atoms with van der Waals surface area (Å²) in [6.07, 6.45) is 5.30. The quantitative estimate of drug-likeness (QED) is 0.930. The number of nitrogens with zero attached hydrogens (tertiary/aromatic N) is 3. The molecule has 1 spiro atoms. The first-order chi connectivity index (χ1) is 10.3. The van der Waals surface area contributed by atoms with Crippen LogP contribution in [0.25, 0.3) is 11.4 Å². The molecule has 2 aromatic heterocycles. The van der Waals surface area contributed by atoms with Gasteiger partial charge in [-0.2, -0.15) is 4.98 Å². The molecule has 2 fully saturated rings. The highest BCUT2D eigenvalue weighted by atomic mass is 16.5. The highest BCUT2D eigenvalue weighted by Crippen LogP contribution is 2.63. The lowest BCUT2D eigenvalue weighted by Crippen LogP contribution is -2.29. The summed E-state index contributed by atoms with van der Waals surface area (Å²) < 4.78 is 10.5. The van der Waals surface area contributed by atoms with E-state index in [9.17, 15) is 0 Å². The van der Waals surface area contributed by atoms with E-state index in [-0.39, 0.29) is 0 Å². The highest BCUT2D eigenvalue weighted by molar-refractivity contribution is 5.53. The number of aromatic nitrogens is 3. The summed E-state index contributed by atoms with van der Waals surface area (Å²) in [6.45, 7) is 2.19. The van der Waals surface area contributed by atoms with Crippen molar-refractivity contribution in [2.45, 2.75) is 25.2 Å². The van der Waals surface area contributed by atoms with Crippen molar-refractivity contribution in [1.29, 1.82) is 0 Å². The van der Waals surface area contributed by atoms with Crippen LogP contribution in [-0.4, -0.2) is 35.3 Å². The lowest BCUT2D eigenvalue weighted by molar-refractivity contribution is 0.311. The molecule has 1 aliphatic heterocycles. The van der Waals surface area contributed by atoms with Crippen molar-refractivity contribution in [2.24, 2.45) is 5.41 Å². The van der Waals surface area contributed by atoms with Crippen LogP contribution < -0.4 is 10.1 Å². The van der Waals surface area contributed by atoms with Gasteiger partial charge in [0.2, 0.25) is 17.6 Å². The summed E-state index contributed by atoms with van der Waals surface area (Å²) in [6, 6.07) is 3.70. The molecule has 1 saturated carbocycles. The van der Waals surface area contributed by atoms with Crippen LogP contribution in [0.3, 0.4) is 0 Å². The third-order valence-corrected chi connectivity index (χ3v) is 4.73. The molecule has 1 N–H and O–H groups in total. The zero-order chi connectivity index (χ0) is 14.3. The van der Waals surface area contributed by atoms with Crippen LogP contribution in [0.4, 0.5) is 0 Å². The number of hydrogen-bond acceptors (Lipinski definition) is 6. The van der Waals surface area contributed by atoms with Crippen molar-refractivity contribution >= 4 is 0 Å². The van der Waals surface area contributed by atoms with Crippen LogP contribution in [0.2, 0.25) is 0 Å². The third-order valence-electron chi connectivity index (χ3n) is 4.73. The minimum atomic E-state index is 0.410. The number of methoxy groups -OCH3 is 1. The molecule has 110 valence electrons. The van der Waals surface area contributed by atoms with Gasteiger partial charge in [0.1, 0.15) is 0 Å². The zero-order valence-electron chi connectivity index (χ0n) is 12.0. The Bertz CT molecular complexity index is 631. The maximum Gasteiger partial charge on any atom is 0.230 e. The molecule has 1 unspecified atom stereocenters. The second-order valence-electron chi connectivity index (χ2n) is 5.91. The van der Waals surface area contributed by atoms with Crippen molar-refractivity contribution in [2.75, 3.05) is 20.2 Å². The molecule has 0 aromatic carbocycles. The molecule has 1 saturated heterocycles. The number of hydrogen-bond donors (Lipinski definition) is 1. The fourth-order valence-electron chi connectivity index (χ4n) is 3.30. The number of rotatable bonds is 3. The first kappa shape index (κ1) is 12.8. The topological polar surface area (TPSA) is 73.1 Å². The summed E-state index contributed by atoms with van der Waals surface area (Å²) in [7, 11) is 1.60. The van der Waals surface area contributed by atoms with Crippen molar-refractivity contribution < 1.29 is 9.26 Å². The lowest BCUT2D eigenvalue weighted by Gasteiger charge is -2.22. The van der Waals surface area contributed by atoms with Gasteiger partial charge in [-0.1, -0.05) is 5.16 Å². The summed E-state index contributed by atoms with van der Waals surface area (Å²) in [5, 5.41) is 7.51. The number of pyridine rings is 1. The second kappa shape index (κ2) is 4.80. The molecule has 6 heteroatoms. The van der Waals surface area contributed by atoms with E-state index in [2.05, 4.69) is 20.4 Å². The van der Waals surface area contributed by atoms with E-state index in [1.54, 1.807) is 19.4 Å². The van der Waals surface area contributed by atoms with Gasteiger partial charge >= 0.3 is 0 Å². The fourth-order valence-corrected chi connectivity index (χ4v) is 3.30. The standard InChI is InChI=1S/C15H18N4O2/c1-20-12-3-2-10(9-17-12)13-18-14(21-19-13)11-8-15(11)4-6-16-7-5-15/h2-3,9,11,16H,4-8H2,1H3. The molecule has 4 rings (SSSR count). The molecule has 2 aromatic rings. The van der Waals surface area contributed by atoms with Crippen LogP contribution in [0.1, 0.15) is 31.1 Å². The largest absolute Gasteiger partial charge is 0.481 e. The van der Waals surface area contributed by atoms with E-state index in [1.165, 1.54) is 19.3 Å². The van der Waals surface area contributed by atoms with E-state index >= 15 is 0 Å². The fraction of sp³-hybridized carbons (Fsp3) is 0.533. The Hall–Kier alpha value is -1.95. The molecule has 21 heavy (non-hydrogen) atoms. The van der Waals surface area contributed by atoms with Gasteiger partial charge in [-0.05, 0) is 43.8 Å². The monoisotopic (exact) mass is 286 g/mol. The van der Waals surface area contributed by atoms with Crippen LogP contribution in [-0.2, 0) is 0 Å². The maximum absolute atomic E-state index is 5.49. The first-order valence-corrected chi connectivity index (χ1v) is 7.35. The number of nitrogens with one attached hydrogen (secondary N) is 1. The molecule has 0 radical (unpaired) electrons. The molecule has 3 heterocycles. The van der Waals surface area contributed by atoms with E-state index in [1.807, 2.05) is 6.07 Å². The Morgan fingerprint density at radius 2 is 2.19 bits per heavy atom. The Balaban J connectivity index is 1.53. The van der Waals surface area contributed by atoms with Gasteiger partial charge in [0.25, 0.3) is 0 Å². The van der Waals surface area contributed by atoms with Gasteiger partial charge in [0, 0.05) is 23.7 Å². The van der Waals surface area contributed by atoms with Gasteiger partial charge in [-0.15, -0.1) is 0 Å². The van der Waals surface area contributed by atoms with Gasteiger partial charge in [-0.25, -0.2) is 4.98 Å². The Labute approximate surface area is 122 Å². The number of ether oxygens (including phenoxy) is 1. The van der Waals surface area contributed by atoms with Crippen LogP contribution >= 0.6 is 0 Å². The lowest BCUT2D eigenvalue weighted by atomic mass is 9.92. The van der Waals surface area contributed by atoms with Gasteiger partial charge < -0.3 is 14.6 Å². The summed E-state index contributed by atoms with van der Waals surface area (Å²) in [5.41, 5.74) is 1.26. The van der Waals surface area contributed by atoms with Crippen molar-refractivity contribution in [3.63, 3.8) is 0 Å². The molecule has 0 amide bonds. The zero-order valence-corrected chi connectivity index (χ0v) is 12.0. The normalized spacial score (nSPS) is 23.2. The number of piperidine rings is 1. The SMILES string of the molecule is COc1ccc(-c2noc(C3CC34CCNCC4)n2)cn1. The molecule has 1 atom stereocenters. The summed E-state index contributed by atoms with van der Waals surface area (Å²) in [4.78, 5) is 8.74. The predicted molar refractivity (Wildman–Crippen MR) is 76.0 cm³/mol. The Morgan fingerprint density at radius 1 is 1.33 bits per heavy atom. The molecule has 6 nitrogen and oxygen atoms in total. The highest BCUT2D eigenvalue weighted by Gasteiger charge is 2.57. The molecular formula is C15H18N4O2. The van der Waals surface area contributed by atoms with Crippen LogP contribution in [0.15, 0.2) is 22.9 Å². The van der Waals surface area contributed by atoms with Crippen molar-refractivity contribution in [3.05, 3.63) is 24.2 Å². The van der Waals surface area contributed by atoms with Gasteiger partial charge in [0.15, 0.2) is 0 Å². The molecular weight excluding hydrogens is 268 g/mol. The minimum Gasteiger partial charge on any atom is -0.481 e. The molecule has 1 aliphatic carbocycles. The summed E-state index contributed by atoms with van der Waals surface area (Å²) in [5.74, 6) is 2.41. The molecule has 0 bridgehead atoms. The van der Waals surface area contributed by atoms with Gasteiger partial charge in [0.05, 0.1) is 7.11 Å². The average Bonchev–Trinajstić information content (AvgIpc) is 3.01. The van der Waals surface area contributed by atoms with Crippen LogP contribution in [0.5, 0.6) is 5.88 Å². The van der Waals surface area contributed by atoms with E-state index in [0.717, 1.165) is 24.5 Å². The maximum atomic E-state index is 5.49. The van der Waals surface area contributed by atoms with E-state index in [0.29, 0.717) is 23.0 Å². The van der Waals surface area contributed by atoms with Crippen molar-refractivity contribution in [1.82, 2.24) is 20.4 Å². The van der Waals surface area contributed by atoms with E-state index in [4.69, 9.17) is 9.26 Å². The average molecular weight is 286 g/mol. The van der Waals surface area contributed by atoms with Gasteiger partial charge in [-0.3, -0.25) is 0 Å². The predicted octanol–water partition coefficient (Wildman–Crippen LogP) is 2.00. The van der Waals surface area contributed by atoms with E-state index < -0.39 is 0 Å². The smallest absolute Gasteiger partial charge is 0.230 e. The molecule has 2 aliphatic rings.